The highest BCUT2D eigenvalue weighted by molar-refractivity contribution is 5.95. The molecule has 2 N–H and O–H groups in total. The molecule has 0 saturated heterocycles. The maximum Gasteiger partial charge on any atom is 0.294 e. The van der Waals surface area contributed by atoms with Crippen LogP contribution in [0.1, 0.15) is 28.4 Å². The minimum Gasteiger partial charge on any atom is -0.490 e. The smallest absolute Gasteiger partial charge is 0.294 e. The van der Waals surface area contributed by atoms with Crippen molar-refractivity contribution in [1.82, 2.24) is 15.1 Å². The third-order valence-corrected chi connectivity index (χ3v) is 5.77. The molecule has 3 aromatic carbocycles. The molecule has 1 aliphatic heterocycles. The van der Waals surface area contributed by atoms with Crippen molar-refractivity contribution in [2.75, 3.05) is 18.7 Å². The van der Waals surface area contributed by atoms with Crippen molar-refractivity contribution in [1.29, 1.82) is 0 Å². The third kappa shape index (κ3) is 5.56. The molecule has 0 atom stereocenters. The number of carbonyl (C=O) groups excluding carboxylic acids is 1. The summed E-state index contributed by atoms with van der Waals surface area (Å²) in [5.74, 6) is 1.45. The van der Waals surface area contributed by atoms with Crippen LogP contribution >= 0.6 is 0 Å². The van der Waals surface area contributed by atoms with Crippen LogP contribution in [0.5, 0.6) is 17.2 Å². The minimum atomic E-state index is -0.326. The fourth-order valence-electron chi connectivity index (χ4n) is 3.94. The number of anilines is 2. The molecule has 0 aliphatic carbocycles. The highest BCUT2D eigenvalue weighted by Crippen LogP contribution is 2.32. The predicted octanol–water partition coefficient (Wildman–Crippen LogP) is 4.09. The van der Waals surface area contributed by atoms with E-state index in [0.717, 1.165) is 11.1 Å². The van der Waals surface area contributed by atoms with Crippen molar-refractivity contribution < 1.29 is 19.0 Å². The number of hydrogen-bond donors (Lipinski definition) is 2. The Labute approximate surface area is 213 Å². The standard InChI is InChI=1S/C28H26N4O5/c1-2-35-25-16-30-32(17-19-7-4-3-5-8-19)28(34)26(25)31-22-10-6-9-21(14-22)27(33)29-15-20-11-12-23-24(13-20)37-18-36-23/h3-14,16,31H,2,15,17-18H2,1H3,(H,29,33). The first kappa shape index (κ1) is 23.9. The minimum absolute atomic E-state index is 0.199. The lowest BCUT2D eigenvalue weighted by Gasteiger charge is -2.14. The quantitative estimate of drug-likeness (QED) is 0.358. The van der Waals surface area contributed by atoms with Gasteiger partial charge in [0.2, 0.25) is 6.79 Å². The van der Waals surface area contributed by atoms with Crippen molar-refractivity contribution >= 4 is 17.3 Å². The molecule has 0 saturated carbocycles. The number of hydrogen-bond acceptors (Lipinski definition) is 7. The molecular weight excluding hydrogens is 472 g/mol. The van der Waals surface area contributed by atoms with E-state index in [-0.39, 0.29) is 23.9 Å². The zero-order valence-electron chi connectivity index (χ0n) is 20.3. The SMILES string of the molecule is CCOc1cnn(Cc2ccccc2)c(=O)c1Nc1cccc(C(=O)NCc2ccc3c(c2)OCO3)c1. The molecule has 1 aliphatic rings. The van der Waals surface area contributed by atoms with Gasteiger partial charge in [-0.15, -0.1) is 0 Å². The number of nitrogens with zero attached hydrogens (tertiary/aromatic N) is 2. The molecule has 0 radical (unpaired) electrons. The van der Waals surface area contributed by atoms with Crippen molar-refractivity contribution in [3.8, 4) is 17.2 Å². The van der Waals surface area contributed by atoms with Gasteiger partial charge in [-0.25, -0.2) is 4.68 Å². The van der Waals surface area contributed by atoms with Crippen LogP contribution in [0.15, 0.2) is 83.8 Å². The number of fused-ring (bicyclic) bond motifs is 1. The van der Waals surface area contributed by atoms with Crippen molar-refractivity contribution in [3.63, 3.8) is 0 Å². The van der Waals surface area contributed by atoms with Gasteiger partial charge < -0.3 is 24.8 Å². The van der Waals surface area contributed by atoms with Crippen LogP contribution in [0.4, 0.5) is 11.4 Å². The average Bonchev–Trinajstić information content (AvgIpc) is 3.40. The second-order valence-corrected chi connectivity index (χ2v) is 8.34. The molecule has 0 unspecified atom stereocenters. The summed E-state index contributed by atoms with van der Waals surface area (Å²) in [5.41, 5.74) is 2.80. The summed E-state index contributed by atoms with van der Waals surface area (Å²) in [6.07, 6.45) is 1.53. The van der Waals surface area contributed by atoms with Gasteiger partial charge in [0, 0.05) is 17.8 Å². The highest BCUT2D eigenvalue weighted by atomic mass is 16.7. The Balaban J connectivity index is 1.33. The zero-order valence-corrected chi connectivity index (χ0v) is 20.3. The van der Waals surface area contributed by atoms with E-state index in [2.05, 4.69) is 15.7 Å². The molecule has 1 amide bonds. The first-order chi connectivity index (χ1) is 18.1. The Morgan fingerprint density at radius 1 is 1.00 bits per heavy atom. The summed E-state index contributed by atoms with van der Waals surface area (Å²) in [6.45, 7) is 3.06. The second-order valence-electron chi connectivity index (χ2n) is 8.34. The van der Waals surface area contributed by atoms with E-state index in [9.17, 15) is 9.59 Å². The van der Waals surface area contributed by atoms with Crippen LogP contribution in [-0.2, 0) is 13.1 Å². The maximum absolute atomic E-state index is 13.3. The van der Waals surface area contributed by atoms with Crippen LogP contribution in [0.3, 0.4) is 0 Å². The van der Waals surface area contributed by atoms with Crippen LogP contribution < -0.4 is 30.4 Å². The zero-order chi connectivity index (χ0) is 25.6. The van der Waals surface area contributed by atoms with E-state index >= 15 is 0 Å². The van der Waals surface area contributed by atoms with Gasteiger partial charge in [-0.1, -0.05) is 42.5 Å². The Kier molecular flexibility index (Phi) is 7.02. The van der Waals surface area contributed by atoms with Gasteiger partial charge in [0.05, 0.1) is 19.3 Å². The van der Waals surface area contributed by atoms with Gasteiger partial charge in [0.25, 0.3) is 11.5 Å². The molecule has 0 bridgehead atoms. The molecule has 37 heavy (non-hydrogen) atoms. The predicted molar refractivity (Wildman–Crippen MR) is 139 cm³/mol. The van der Waals surface area contributed by atoms with Crippen molar-refractivity contribution in [2.24, 2.45) is 0 Å². The number of aromatic nitrogens is 2. The summed E-state index contributed by atoms with van der Waals surface area (Å²) in [5, 5.41) is 10.3. The fraction of sp³-hybridized carbons (Fsp3) is 0.179. The molecule has 4 aromatic rings. The summed E-state index contributed by atoms with van der Waals surface area (Å²) < 4.78 is 17.8. The van der Waals surface area contributed by atoms with E-state index in [1.807, 2.05) is 55.5 Å². The number of nitrogens with one attached hydrogen (secondary N) is 2. The van der Waals surface area contributed by atoms with Gasteiger partial charge in [-0.3, -0.25) is 9.59 Å². The van der Waals surface area contributed by atoms with Gasteiger partial charge in [-0.2, -0.15) is 5.10 Å². The fourth-order valence-corrected chi connectivity index (χ4v) is 3.94. The number of ether oxygens (including phenoxy) is 3. The Hall–Kier alpha value is -4.79. The summed E-state index contributed by atoms with van der Waals surface area (Å²) in [4.78, 5) is 26.1. The number of carbonyl (C=O) groups is 1. The van der Waals surface area contributed by atoms with Gasteiger partial charge >= 0.3 is 0 Å². The Bertz CT molecular complexity index is 1470. The van der Waals surface area contributed by atoms with Crippen molar-refractivity contribution in [2.45, 2.75) is 20.0 Å². The largest absolute Gasteiger partial charge is 0.490 e. The highest BCUT2D eigenvalue weighted by Gasteiger charge is 2.16. The summed E-state index contributed by atoms with van der Waals surface area (Å²) in [7, 11) is 0. The first-order valence-corrected chi connectivity index (χ1v) is 11.9. The first-order valence-electron chi connectivity index (χ1n) is 11.9. The Morgan fingerprint density at radius 3 is 2.68 bits per heavy atom. The molecule has 1 aromatic heterocycles. The van der Waals surface area contributed by atoms with E-state index in [4.69, 9.17) is 14.2 Å². The molecule has 0 fully saturated rings. The topological polar surface area (TPSA) is 104 Å². The van der Waals surface area contributed by atoms with E-state index in [1.165, 1.54) is 10.9 Å². The van der Waals surface area contributed by atoms with E-state index < -0.39 is 0 Å². The normalized spacial score (nSPS) is 11.7. The van der Waals surface area contributed by atoms with Gasteiger partial charge in [-0.05, 0) is 48.4 Å². The second kappa shape index (κ2) is 10.9. The lowest BCUT2D eigenvalue weighted by molar-refractivity contribution is 0.0951. The molecule has 9 nitrogen and oxygen atoms in total. The van der Waals surface area contributed by atoms with Crippen LogP contribution in [-0.4, -0.2) is 29.1 Å². The molecular formula is C28H26N4O5. The van der Waals surface area contributed by atoms with Crippen LogP contribution in [0.25, 0.3) is 0 Å². The molecule has 2 heterocycles. The monoisotopic (exact) mass is 498 g/mol. The van der Waals surface area contributed by atoms with Gasteiger partial charge in [0.1, 0.15) is 0 Å². The molecule has 0 spiro atoms. The van der Waals surface area contributed by atoms with Crippen molar-refractivity contribution in [3.05, 3.63) is 106 Å². The van der Waals surface area contributed by atoms with E-state index in [1.54, 1.807) is 24.3 Å². The molecule has 9 heteroatoms. The van der Waals surface area contributed by atoms with Gasteiger partial charge in [0.15, 0.2) is 22.9 Å². The lowest BCUT2D eigenvalue weighted by Crippen LogP contribution is -2.26. The summed E-state index contributed by atoms with van der Waals surface area (Å²) in [6, 6.07) is 22.1. The maximum atomic E-state index is 13.3. The van der Waals surface area contributed by atoms with E-state index in [0.29, 0.717) is 48.2 Å². The Morgan fingerprint density at radius 2 is 1.84 bits per heavy atom. The third-order valence-electron chi connectivity index (χ3n) is 5.77. The average molecular weight is 499 g/mol. The van der Waals surface area contributed by atoms with Crippen LogP contribution in [0, 0.1) is 0 Å². The summed E-state index contributed by atoms with van der Waals surface area (Å²) >= 11 is 0. The number of amides is 1. The van der Waals surface area contributed by atoms with Crippen LogP contribution in [0.2, 0.25) is 0 Å². The number of rotatable bonds is 9. The number of benzene rings is 3. The molecule has 188 valence electrons. The lowest BCUT2D eigenvalue weighted by atomic mass is 10.1. The molecule has 5 rings (SSSR count).